The summed E-state index contributed by atoms with van der Waals surface area (Å²) in [7, 11) is 1.91. The predicted molar refractivity (Wildman–Crippen MR) is 85.2 cm³/mol. The molecular weight excluding hydrogens is 306 g/mol. The first-order chi connectivity index (χ1) is 10.2. The molecule has 108 valence electrons. The van der Waals surface area contributed by atoms with Crippen LogP contribution in [-0.2, 0) is 19.3 Å². The summed E-state index contributed by atoms with van der Waals surface area (Å²) in [5, 5.41) is 10.6. The van der Waals surface area contributed by atoms with Gasteiger partial charge in [-0.25, -0.2) is 4.98 Å². The highest BCUT2D eigenvalue weighted by molar-refractivity contribution is 7.98. The van der Waals surface area contributed by atoms with Gasteiger partial charge in [0.15, 0.2) is 5.16 Å². The quantitative estimate of drug-likeness (QED) is 0.591. The van der Waals surface area contributed by atoms with Crippen LogP contribution in [0.5, 0.6) is 0 Å². The summed E-state index contributed by atoms with van der Waals surface area (Å²) in [6, 6.07) is 9.99. The molecule has 0 amide bonds. The molecule has 5 nitrogen and oxygen atoms in total. The first-order valence-corrected chi connectivity index (χ1v) is 7.80. The Labute approximate surface area is 131 Å². The van der Waals surface area contributed by atoms with Crippen LogP contribution in [0.3, 0.4) is 0 Å². The zero-order chi connectivity index (χ0) is 14.8. The summed E-state index contributed by atoms with van der Waals surface area (Å²) in [6.45, 7) is 0.377. The van der Waals surface area contributed by atoms with Gasteiger partial charge in [0.2, 0.25) is 0 Å². The zero-order valence-electron chi connectivity index (χ0n) is 11.5. The van der Waals surface area contributed by atoms with E-state index < -0.39 is 0 Å². The Balaban J connectivity index is 1.84. The van der Waals surface area contributed by atoms with E-state index in [0.29, 0.717) is 17.5 Å². The Morgan fingerprint density at radius 2 is 2.10 bits per heavy atom. The van der Waals surface area contributed by atoms with E-state index in [0.717, 1.165) is 27.4 Å². The van der Waals surface area contributed by atoms with E-state index in [-0.39, 0.29) is 0 Å². The molecule has 0 spiro atoms. The van der Waals surface area contributed by atoms with Crippen LogP contribution in [0.25, 0.3) is 10.9 Å². The minimum atomic E-state index is 0.377. The normalized spacial score (nSPS) is 11.2. The number of aromatic nitrogens is 4. The lowest BCUT2D eigenvalue weighted by atomic mass is 10.2. The van der Waals surface area contributed by atoms with Gasteiger partial charge in [0.25, 0.3) is 0 Å². The van der Waals surface area contributed by atoms with E-state index in [9.17, 15) is 0 Å². The third-order valence-corrected chi connectivity index (χ3v) is 4.61. The molecule has 2 heterocycles. The molecular formula is C14H14ClN5S. The second kappa shape index (κ2) is 6.01. The van der Waals surface area contributed by atoms with Gasteiger partial charge in [-0.05, 0) is 12.1 Å². The van der Waals surface area contributed by atoms with Crippen LogP contribution in [0.4, 0.5) is 0 Å². The third kappa shape index (κ3) is 2.88. The summed E-state index contributed by atoms with van der Waals surface area (Å²) in [5.74, 6) is 1.45. The van der Waals surface area contributed by atoms with Crippen LogP contribution in [0.15, 0.2) is 35.5 Å². The Morgan fingerprint density at radius 3 is 2.86 bits per heavy atom. The Bertz CT molecular complexity index is 786. The largest absolute Gasteiger partial charge is 0.324 e. The average molecular weight is 320 g/mol. The molecule has 0 fully saturated rings. The van der Waals surface area contributed by atoms with Gasteiger partial charge >= 0.3 is 0 Å². The van der Waals surface area contributed by atoms with Gasteiger partial charge in [-0.15, -0.1) is 10.2 Å². The number of hydrogen-bond donors (Lipinski definition) is 1. The standard InChI is InChI=1S/C14H14ClN5S/c1-20-12(7-16)18-19-14(20)21-8-10-6-9-4-2-3-5-11(9)17-13(10)15/h2-6H,7-8,16H2,1H3. The number of benzene rings is 1. The number of halogens is 1. The van der Waals surface area contributed by atoms with Crippen LogP contribution in [-0.4, -0.2) is 19.7 Å². The first kappa shape index (κ1) is 14.3. The molecule has 2 aromatic heterocycles. The van der Waals surface area contributed by atoms with Crippen LogP contribution < -0.4 is 5.73 Å². The maximum absolute atomic E-state index is 6.25. The minimum Gasteiger partial charge on any atom is -0.324 e. The lowest BCUT2D eigenvalue weighted by molar-refractivity contribution is 0.734. The van der Waals surface area contributed by atoms with E-state index in [1.54, 1.807) is 11.8 Å². The number of fused-ring (bicyclic) bond motifs is 1. The van der Waals surface area contributed by atoms with Crippen LogP contribution in [0.2, 0.25) is 5.15 Å². The fourth-order valence-corrected chi connectivity index (χ4v) is 3.22. The van der Waals surface area contributed by atoms with Crippen molar-refractivity contribution in [2.45, 2.75) is 17.5 Å². The second-order valence-electron chi connectivity index (χ2n) is 4.58. The van der Waals surface area contributed by atoms with Crippen molar-refractivity contribution in [3.8, 4) is 0 Å². The zero-order valence-corrected chi connectivity index (χ0v) is 13.0. The number of thioether (sulfide) groups is 1. The van der Waals surface area contributed by atoms with Crippen LogP contribution in [0.1, 0.15) is 11.4 Å². The molecule has 0 saturated heterocycles. The van der Waals surface area contributed by atoms with Gasteiger partial charge in [-0.2, -0.15) is 0 Å². The summed E-state index contributed by atoms with van der Waals surface area (Å²) in [6.07, 6.45) is 0. The summed E-state index contributed by atoms with van der Waals surface area (Å²) in [5.41, 5.74) is 7.48. The first-order valence-electron chi connectivity index (χ1n) is 6.44. The molecule has 0 unspecified atom stereocenters. The van der Waals surface area contributed by atoms with E-state index in [1.807, 2.05) is 35.9 Å². The van der Waals surface area contributed by atoms with Crippen molar-refractivity contribution in [1.29, 1.82) is 0 Å². The number of hydrogen-bond acceptors (Lipinski definition) is 5. The molecule has 0 saturated carbocycles. The number of rotatable bonds is 4. The van der Waals surface area contributed by atoms with Crippen LogP contribution >= 0.6 is 23.4 Å². The maximum atomic E-state index is 6.25. The van der Waals surface area contributed by atoms with Crippen molar-refractivity contribution in [1.82, 2.24) is 19.7 Å². The summed E-state index contributed by atoms with van der Waals surface area (Å²) < 4.78 is 1.90. The molecule has 21 heavy (non-hydrogen) atoms. The average Bonchev–Trinajstić information content (AvgIpc) is 2.85. The van der Waals surface area contributed by atoms with Gasteiger partial charge in [0, 0.05) is 23.8 Å². The molecule has 3 aromatic rings. The number of nitrogens with two attached hydrogens (primary N) is 1. The highest BCUT2D eigenvalue weighted by Gasteiger charge is 2.10. The lowest BCUT2D eigenvalue weighted by Crippen LogP contribution is -2.05. The molecule has 3 rings (SSSR count). The summed E-state index contributed by atoms with van der Waals surface area (Å²) >= 11 is 7.82. The molecule has 2 N–H and O–H groups in total. The van der Waals surface area contributed by atoms with Gasteiger partial charge in [-0.1, -0.05) is 41.6 Å². The fourth-order valence-electron chi connectivity index (χ4n) is 2.03. The minimum absolute atomic E-state index is 0.377. The van der Waals surface area contributed by atoms with E-state index in [2.05, 4.69) is 21.2 Å². The molecule has 1 aromatic carbocycles. The van der Waals surface area contributed by atoms with E-state index >= 15 is 0 Å². The van der Waals surface area contributed by atoms with E-state index in [1.165, 1.54) is 0 Å². The molecule has 0 radical (unpaired) electrons. The Morgan fingerprint density at radius 1 is 1.29 bits per heavy atom. The molecule has 7 heteroatoms. The van der Waals surface area contributed by atoms with Crippen molar-refractivity contribution >= 4 is 34.3 Å². The highest BCUT2D eigenvalue weighted by atomic mass is 35.5. The van der Waals surface area contributed by atoms with Gasteiger partial charge < -0.3 is 10.3 Å². The van der Waals surface area contributed by atoms with E-state index in [4.69, 9.17) is 17.3 Å². The third-order valence-electron chi connectivity index (χ3n) is 3.21. The number of pyridine rings is 1. The van der Waals surface area contributed by atoms with Gasteiger partial charge in [0.1, 0.15) is 11.0 Å². The molecule has 0 bridgehead atoms. The molecule has 0 aliphatic heterocycles. The van der Waals surface area contributed by atoms with Crippen molar-refractivity contribution in [2.24, 2.45) is 12.8 Å². The van der Waals surface area contributed by atoms with Crippen molar-refractivity contribution < 1.29 is 0 Å². The fraction of sp³-hybridized carbons (Fsp3) is 0.214. The van der Waals surface area contributed by atoms with Crippen molar-refractivity contribution in [3.63, 3.8) is 0 Å². The van der Waals surface area contributed by atoms with Gasteiger partial charge in [0.05, 0.1) is 12.1 Å². The lowest BCUT2D eigenvalue weighted by Gasteiger charge is -2.06. The smallest absolute Gasteiger partial charge is 0.191 e. The Kier molecular flexibility index (Phi) is 4.10. The maximum Gasteiger partial charge on any atom is 0.191 e. The monoisotopic (exact) mass is 319 g/mol. The molecule has 0 aliphatic carbocycles. The SMILES string of the molecule is Cn1c(CN)nnc1SCc1cc2ccccc2nc1Cl. The molecule has 0 atom stereocenters. The van der Waals surface area contributed by atoms with Crippen LogP contribution in [0, 0.1) is 0 Å². The second-order valence-corrected chi connectivity index (χ2v) is 5.88. The van der Waals surface area contributed by atoms with Crippen molar-refractivity contribution in [2.75, 3.05) is 0 Å². The molecule has 0 aliphatic rings. The highest BCUT2D eigenvalue weighted by Crippen LogP contribution is 2.27. The number of nitrogens with zero attached hydrogens (tertiary/aromatic N) is 4. The predicted octanol–water partition coefficient (Wildman–Crippen LogP) is 2.77. The van der Waals surface area contributed by atoms with Crippen molar-refractivity contribution in [3.05, 3.63) is 46.9 Å². The topological polar surface area (TPSA) is 69.6 Å². The summed E-state index contributed by atoms with van der Waals surface area (Å²) in [4.78, 5) is 4.42. The number of para-hydroxylation sites is 1. The van der Waals surface area contributed by atoms with Gasteiger partial charge in [-0.3, -0.25) is 0 Å². The Hall–Kier alpha value is -1.63.